The Morgan fingerprint density at radius 3 is 1.16 bits per heavy atom. The first-order valence-corrected chi connectivity index (χ1v) is 14.4. The van der Waals surface area contributed by atoms with Crippen LogP contribution in [0, 0.1) is 0 Å². The average molecular weight is 439 g/mol. The first-order valence-electron chi connectivity index (χ1n) is 10.9. The van der Waals surface area contributed by atoms with Crippen LogP contribution in [0.15, 0.2) is 121 Å². The maximum Gasteiger partial charge on any atom is 0.250 e. The Morgan fingerprint density at radius 2 is 0.839 bits per heavy atom. The Hall–Kier alpha value is -2.73. The molecule has 0 aromatic heterocycles. The van der Waals surface area contributed by atoms with Crippen LogP contribution in [0.4, 0.5) is 0 Å². The van der Waals surface area contributed by atoms with Gasteiger partial charge in [0.25, 0.3) is 8.32 Å². The molecule has 31 heavy (non-hydrogen) atoms. The molecule has 0 radical (unpaired) electrons. The minimum Gasteiger partial charge on any atom is -0.444 e. The van der Waals surface area contributed by atoms with E-state index in [1.165, 1.54) is 20.7 Å². The van der Waals surface area contributed by atoms with E-state index in [2.05, 4.69) is 142 Å². The van der Waals surface area contributed by atoms with Crippen molar-refractivity contribution in [2.45, 2.75) is 25.8 Å². The van der Waals surface area contributed by atoms with Crippen molar-refractivity contribution >= 4 is 38.1 Å². The van der Waals surface area contributed by atoms with Gasteiger partial charge < -0.3 is 4.12 Å². The topological polar surface area (TPSA) is 9.23 Å². The van der Waals surface area contributed by atoms with Gasteiger partial charge in [-0.1, -0.05) is 142 Å². The second-order valence-corrected chi connectivity index (χ2v) is 16.0. The normalized spacial score (nSPS) is 12.1. The Kier molecular flexibility index (Phi) is 6.37. The Balaban J connectivity index is 1.96. The molecule has 0 N–H and O–H groups in total. The van der Waals surface area contributed by atoms with E-state index in [1.54, 1.807) is 0 Å². The summed E-state index contributed by atoms with van der Waals surface area (Å²) in [7, 11) is -4.57. The lowest BCUT2D eigenvalue weighted by Crippen LogP contribution is -2.70. The lowest BCUT2D eigenvalue weighted by Gasteiger charge is -2.45. The summed E-state index contributed by atoms with van der Waals surface area (Å²) in [4.78, 5) is 0. The zero-order chi connectivity index (χ0) is 21.7. The molecule has 4 aromatic rings. The van der Waals surface area contributed by atoms with Gasteiger partial charge in [-0.25, -0.2) is 0 Å². The van der Waals surface area contributed by atoms with Crippen LogP contribution in [0.2, 0.25) is 5.04 Å². The third-order valence-corrected chi connectivity index (χ3v) is 14.7. The summed E-state index contributed by atoms with van der Waals surface area (Å²) in [6.45, 7) is 7.04. The van der Waals surface area contributed by atoms with Gasteiger partial charge in [0.15, 0.2) is 0 Å². The fourth-order valence-electron chi connectivity index (χ4n) is 4.45. The highest BCUT2D eigenvalue weighted by atomic mass is 28.4. The second-order valence-electron chi connectivity index (χ2n) is 8.98. The van der Waals surface area contributed by atoms with Crippen LogP contribution < -0.4 is 20.7 Å². The molecule has 0 unspecified atom stereocenters. The molecule has 0 atom stereocenters. The molecule has 0 aliphatic carbocycles. The van der Waals surface area contributed by atoms with Gasteiger partial charge in [-0.15, -0.1) is 0 Å². The summed E-state index contributed by atoms with van der Waals surface area (Å²) in [5, 5.41) is 5.27. The van der Waals surface area contributed by atoms with Gasteiger partial charge in [-0.2, -0.15) is 0 Å². The molecular weight excluding hydrogens is 408 g/mol. The molecule has 4 aromatic carbocycles. The molecule has 0 aliphatic rings. The highest BCUT2D eigenvalue weighted by Gasteiger charge is 2.51. The van der Waals surface area contributed by atoms with Crippen LogP contribution in [-0.2, 0) is 4.12 Å². The van der Waals surface area contributed by atoms with Gasteiger partial charge in [0.1, 0.15) is 0 Å². The SMILES string of the molecule is CC(C)(C)[Si](O[SiH](c1ccccc1)c1ccccc1)(c1ccccc1)c1ccccc1. The fraction of sp³-hybridized carbons (Fsp3) is 0.143. The summed E-state index contributed by atoms with van der Waals surface area (Å²) >= 11 is 0. The van der Waals surface area contributed by atoms with Crippen LogP contribution in [0.5, 0.6) is 0 Å². The molecule has 4 rings (SSSR count). The molecule has 0 fully saturated rings. The Labute approximate surface area is 189 Å². The van der Waals surface area contributed by atoms with Crippen LogP contribution in [0.3, 0.4) is 0 Å². The van der Waals surface area contributed by atoms with E-state index < -0.39 is 17.4 Å². The van der Waals surface area contributed by atoms with Gasteiger partial charge in [0.2, 0.25) is 9.04 Å². The first kappa shape index (κ1) is 21.5. The molecule has 0 aliphatic heterocycles. The largest absolute Gasteiger partial charge is 0.444 e. The van der Waals surface area contributed by atoms with E-state index in [-0.39, 0.29) is 5.04 Å². The van der Waals surface area contributed by atoms with Crippen molar-refractivity contribution in [1.82, 2.24) is 0 Å². The molecule has 0 bridgehead atoms. The number of hydrogen-bond acceptors (Lipinski definition) is 1. The third kappa shape index (κ3) is 4.35. The third-order valence-electron chi connectivity index (χ3n) is 5.92. The number of hydrogen-bond donors (Lipinski definition) is 0. The highest BCUT2D eigenvalue weighted by molar-refractivity contribution is 7.04. The van der Waals surface area contributed by atoms with Gasteiger partial charge in [-0.3, -0.25) is 0 Å². The van der Waals surface area contributed by atoms with E-state index in [9.17, 15) is 0 Å². The zero-order valence-corrected chi connectivity index (χ0v) is 20.7. The van der Waals surface area contributed by atoms with Crippen molar-refractivity contribution in [3.8, 4) is 0 Å². The quantitative estimate of drug-likeness (QED) is 0.412. The van der Waals surface area contributed by atoms with Crippen LogP contribution in [-0.4, -0.2) is 17.4 Å². The number of rotatable bonds is 6. The van der Waals surface area contributed by atoms with Crippen LogP contribution in [0.25, 0.3) is 0 Å². The molecule has 0 heterocycles. The van der Waals surface area contributed by atoms with Crippen molar-refractivity contribution in [2.75, 3.05) is 0 Å². The van der Waals surface area contributed by atoms with E-state index in [4.69, 9.17) is 4.12 Å². The summed E-state index contributed by atoms with van der Waals surface area (Å²) < 4.78 is 7.62. The van der Waals surface area contributed by atoms with Crippen molar-refractivity contribution in [2.24, 2.45) is 0 Å². The van der Waals surface area contributed by atoms with E-state index in [0.29, 0.717) is 0 Å². The maximum absolute atomic E-state index is 7.62. The van der Waals surface area contributed by atoms with Crippen molar-refractivity contribution in [3.63, 3.8) is 0 Å². The lowest BCUT2D eigenvalue weighted by atomic mass is 10.2. The minimum atomic E-state index is -2.62. The summed E-state index contributed by atoms with van der Waals surface area (Å²) in [6.07, 6.45) is 0. The van der Waals surface area contributed by atoms with Crippen molar-refractivity contribution < 1.29 is 4.12 Å². The average Bonchev–Trinajstić information content (AvgIpc) is 2.81. The molecule has 0 amide bonds. The predicted octanol–water partition coefficient (Wildman–Crippen LogP) is 4.10. The molecule has 0 saturated carbocycles. The van der Waals surface area contributed by atoms with E-state index in [0.717, 1.165) is 0 Å². The van der Waals surface area contributed by atoms with Gasteiger partial charge in [0, 0.05) is 0 Å². The minimum absolute atomic E-state index is 0.0372. The smallest absolute Gasteiger partial charge is 0.250 e. The van der Waals surface area contributed by atoms with Crippen LogP contribution >= 0.6 is 0 Å². The van der Waals surface area contributed by atoms with Gasteiger partial charge in [-0.05, 0) is 25.8 Å². The predicted molar refractivity (Wildman–Crippen MR) is 138 cm³/mol. The van der Waals surface area contributed by atoms with E-state index in [1.807, 2.05) is 0 Å². The van der Waals surface area contributed by atoms with Crippen molar-refractivity contribution in [3.05, 3.63) is 121 Å². The molecule has 0 saturated heterocycles. The maximum atomic E-state index is 7.62. The molecule has 0 spiro atoms. The molecule has 156 valence electrons. The molecule has 3 heteroatoms. The summed E-state index contributed by atoms with van der Waals surface area (Å²) in [6, 6.07) is 43.5. The Morgan fingerprint density at radius 1 is 0.516 bits per heavy atom. The summed E-state index contributed by atoms with van der Waals surface area (Å²) in [5.41, 5.74) is 0. The van der Waals surface area contributed by atoms with Crippen LogP contribution in [0.1, 0.15) is 20.8 Å². The standard InChI is InChI=1S/C28H30OSi2/c1-28(2,3)31(26-20-12-6-13-21-26,27-22-14-7-15-23-27)29-30(24-16-8-4-9-17-24)25-18-10-5-11-19-25/h4-23,30H,1-3H3. The summed E-state index contributed by atoms with van der Waals surface area (Å²) in [5.74, 6) is 0. The first-order chi connectivity index (χ1) is 15.0. The van der Waals surface area contributed by atoms with Crippen molar-refractivity contribution in [1.29, 1.82) is 0 Å². The molecule has 1 nitrogen and oxygen atoms in total. The zero-order valence-electron chi connectivity index (χ0n) is 18.5. The van der Waals surface area contributed by atoms with Gasteiger partial charge >= 0.3 is 0 Å². The molecular formula is C28H30OSi2. The Bertz CT molecular complexity index is 996. The second kappa shape index (κ2) is 9.19. The number of benzene rings is 4. The highest BCUT2D eigenvalue weighted by Crippen LogP contribution is 2.37. The fourth-order valence-corrected chi connectivity index (χ4v) is 14.4. The van der Waals surface area contributed by atoms with E-state index >= 15 is 0 Å². The van der Waals surface area contributed by atoms with Gasteiger partial charge in [0.05, 0.1) is 0 Å². The monoisotopic (exact) mass is 438 g/mol. The lowest BCUT2D eigenvalue weighted by molar-refractivity contribution is 0.532.